The van der Waals surface area contributed by atoms with E-state index in [9.17, 15) is 5.11 Å². The summed E-state index contributed by atoms with van der Waals surface area (Å²) in [7, 11) is 0. The second-order valence-corrected chi connectivity index (χ2v) is 5.83. The molecule has 1 fully saturated rings. The standard InChI is InChI=1S/C18H19NOS/c20-18(15-9-3-1-4-10-15,16-11-5-2-6-12-16)17(21)19-13-7-8-14-19/h1-6,9-12,20H,7-8,13-14H2. The van der Waals surface area contributed by atoms with E-state index >= 15 is 0 Å². The molecule has 1 aliphatic rings. The topological polar surface area (TPSA) is 23.5 Å². The average Bonchev–Trinajstić information content (AvgIpc) is 3.09. The highest BCUT2D eigenvalue weighted by atomic mass is 32.1. The SMILES string of the molecule is OC(C(=S)N1CCCC1)(c1ccccc1)c1ccccc1. The maximum absolute atomic E-state index is 11.5. The Morgan fingerprint density at radius 1 is 0.857 bits per heavy atom. The van der Waals surface area contributed by atoms with Crippen LogP contribution in [0.1, 0.15) is 24.0 Å². The molecule has 0 unspecified atom stereocenters. The predicted octanol–water partition coefficient (Wildman–Crippen LogP) is 3.35. The number of thiocarbonyl (C=S) groups is 1. The summed E-state index contributed by atoms with van der Waals surface area (Å²) in [5.41, 5.74) is 0.420. The van der Waals surface area contributed by atoms with Gasteiger partial charge in [-0.2, -0.15) is 0 Å². The van der Waals surface area contributed by atoms with Crippen LogP contribution in [-0.4, -0.2) is 28.1 Å². The van der Waals surface area contributed by atoms with Crippen LogP contribution in [0.5, 0.6) is 0 Å². The fraction of sp³-hybridized carbons (Fsp3) is 0.278. The minimum Gasteiger partial charge on any atom is -0.374 e. The third kappa shape index (κ3) is 2.59. The van der Waals surface area contributed by atoms with Gasteiger partial charge in [-0.15, -0.1) is 0 Å². The van der Waals surface area contributed by atoms with Crippen molar-refractivity contribution < 1.29 is 5.11 Å². The van der Waals surface area contributed by atoms with Crippen LogP contribution >= 0.6 is 12.2 Å². The highest BCUT2D eigenvalue weighted by Crippen LogP contribution is 2.33. The summed E-state index contributed by atoms with van der Waals surface area (Å²) in [6.45, 7) is 1.86. The number of nitrogens with zero attached hydrogens (tertiary/aromatic N) is 1. The van der Waals surface area contributed by atoms with Gasteiger partial charge in [0.05, 0.1) is 0 Å². The van der Waals surface area contributed by atoms with Gasteiger partial charge in [-0.1, -0.05) is 72.9 Å². The molecular formula is C18H19NOS. The summed E-state index contributed by atoms with van der Waals surface area (Å²) in [6.07, 6.45) is 2.28. The zero-order valence-corrected chi connectivity index (χ0v) is 12.7. The molecule has 0 spiro atoms. The smallest absolute Gasteiger partial charge is 0.165 e. The monoisotopic (exact) mass is 297 g/mol. The van der Waals surface area contributed by atoms with Crippen molar-refractivity contribution in [3.8, 4) is 0 Å². The van der Waals surface area contributed by atoms with E-state index in [2.05, 4.69) is 4.90 Å². The molecule has 1 aliphatic heterocycles. The van der Waals surface area contributed by atoms with E-state index in [0.717, 1.165) is 37.1 Å². The highest BCUT2D eigenvalue weighted by molar-refractivity contribution is 7.80. The second kappa shape index (κ2) is 5.96. The predicted molar refractivity (Wildman–Crippen MR) is 89.3 cm³/mol. The zero-order chi connectivity index (χ0) is 14.7. The quantitative estimate of drug-likeness (QED) is 0.879. The Bertz CT molecular complexity index is 566. The molecule has 3 heteroatoms. The molecule has 1 heterocycles. The number of hydrogen-bond acceptors (Lipinski definition) is 2. The van der Waals surface area contributed by atoms with Crippen LogP contribution in [0.3, 0.4) is 0 Å². The molecular weight excluding hydrogens is 278 g/mol. The van der Waals surface area contributed by atoms with Gasteiger partial charge in [0.1, 0.15) is 4.99 Å². The number of aliphatic hydroxyl groups is 1. The molecule has 0 radical (unpaired) electrons. The molecule has 1 N–H and O–H groups in total. The molecule has 3 rings (SSSR count). The first-order chi connectivity index (χ1) is 10.2. The fourth-order valence-electron chi connectivity index (χ4n) is 2.92. The first-order valence-corrected chi connectivity index (χ1v) is 7.76. The van der Waals surface area contributed by atoms with Gasteiger partial charge in [-0.25, -0.2) is 0 Å². The summed E-state index contributed by atoms with van der Waals surface area (Å²) in [6, 6.07) is 19.4. The lowest BCUT2D eigenvalue weighted by molar-refractivity contribution is 0.144. The molecule has 0 amide bonds. The van der Waals surface area contributed by atoms with E-state index in [-0.39, 0.29) is 0 Å². The first kappa shape index (κ1) is 14.2. The number of hydrogen-bond donors (Lipinski definition) is 1. The molecule has 1 saturated heterocycles. The van der Waals surface area contributed by atoms with Crippen molar-refractivity contribution in [3.63, 3.8) is 0 Å². The number of rotatable bonds is 3. The maximum atomic E-state index is 11.5. The molecule has 0 atom stereocenters. The van der Waals surface area contributed by atoms with Crippen molar-refractivity contribution in [1.29, 1.82) is 0 Å². The van der Waals surface area contributed by atoms with Gasteiger partial charge in [0.25, 0.3) is 0 Å². The van der Waals surface area contributed by atoms with Gasteiger partial charge in [0.2, 0.25) is 0 Å². The van der Waals surface area contributed by atoms with Crippen molar-refractivity contribution in [2.75, 3.05) is 13.1 Å². The van der Waals surface area contributed by atoms with Crippen LogP contribution in [0.2, 0.25) is 0 Å². The Morgan fingerprint density at radius 3 is 1.71 bits per heavy atom. The molecule has 0 aromatic heterocycles. The Hall–Kier alpha value is -1.71. The molecule has 0 bridgehead atoms. The third-order valence-corrected chi connectivity index (χ3v) is 4.64. The minimum absolute atomic E-state index is 0.609. The van der Waals surface area contributed by atoms with E-state index in [1.54, 1.807) is 0 Å². The van der Waals surface area contributed by atoms with Crippen molar-refractivity contribution >= 4 is 17.2 Å². The molecule has 2 nitrogen and oxygen atoms in total. The molecule has 0 saturated carbocycles. The molecule has 2 aromatic carbocycles. The van der Waals surface area contributed by atoms with Gasteiger partial charge < -0.3 is 10.0 Å². The third-order valence-electron chi connectivity index (χ3n) is 4.09. The largest absolute Gasteiger partial charge is 0.374 e. The van der Waals surface area contributed by atoms with E-state index in [1.165, 1.54) is 0 Å². The summed E-state index contributed by atoms with van der Waals surface area (Å²) in [5.74, 6) is 0. The first-order valence-electron chi connectivity index (χ1n) is 7.36. The van der Waals surface area contributed by atoms with Gasteiger partial charge in [-0.3, -0.25) is 0 Å². The van der Waals surface area contributed by atoms with Crippen LogP contribution in [-0.2, 0) is 5.60 Å². The Morgan fingerprint density at radius 2 is 1.29 bits per heavy atom. The lowest BCUT2D eigenvalue weighted by Gasteiger charge is -2.35. The summed E-state index contributed by atoms with van der Waals surface area (Å²) in [5, 5.41) is 11.5. The average molecular weight is 297 g/mol. The lowest BCUT2D eigenvalue weighted by Crippen LogP contribution is -2.45. The van der Waals surface area contributed by atoms with Gasteiger partial charge >= 0.3 is 0 Å². The van der Waals surface area contributed by atoms with Crippen molar-refractivity contribution in [1.82, 2.24) is 4.90 Å². The van der Waals surface area contributed by atoms with Gasteiger partial charge in [0.15, 0.2) is 5.60 Å². The maximum Gasteiger partial charge on any atom is 0.165 e. The Kier molecular flexibility index (Phi) is 4.04. The van der Waals surface area contributed by atoms with E-state index in [1.807, 2.05) is 60.7 Å². The minimum atomic E-state index is -1.23. The van der Waals surface area contributed by atoms with Crippen LogP contribution in [0, 0.1) is 0 Å². The van der Waals surface area contributed by atoms with Crippen LogP contribution in [0.4, 0.5) is 0 Å². The fourth-order valence-corrected chi connectivity index (χ4v) is 3.34. The van der Waals surface area contributed by atoms with Gasteiger partial charge in [0, 0.05) is 13.1 Å². The van der Waals surface area contributed by atoms with Gasteiger partial charge in [-0.05, 0) is 24.0 Å². The highest BCUT2D eigenvalue weighted by Gasteiger charge is 2.39. The zero-order valence-electron chi connectivity index (χ0n) is 11.9. The second-order valence-electron chi connectivity index (χ2n) is 5.44. The van der Waals surface area contributed by atoms with Crippen LogP contribution < -0.4 is 0 Å². The summed E-state index contributed by atoms with van der Waals surface area (Å²) >= 11 is 5.69. The van der Waals surface area contributed by atoms with Crippen molar-refractivity contribution in [2.24, 2.45) is 0 Å². The lowest BCUT2D eigenvalue weighted by atomic mass is 9.85. The normalized spacial score (nSPS) is 15.2. The van der Waals surface area contributed by atoms with Crippen LogP contribution in [0.25, 0.3) is 0 Å². The number of benzene rings is 2. The molecule has 2 aromatic rings. The summed E-state index contributed by atoms with van der Waals surface area (Å²) < 4.78 is 0. The molecule has 0 aliphatic carbocycles. The van der Waals surface area contributed by atoms with E-state index in [0.29, 0.717) is 4.99 Å². The molecule has 21 heavy (non-hydrogen) atoms. The Labute approximate surface area is 131 Å². The van der Waals surface area contributed by atoms with E-state index in [4.69, 9.17) is 12.2 Å². The molecule has 108 valence electrons. The van der Waals surface area contributed by atoms with Crippen molar-refractivity contribution in [2.45, 2.75) is 18.4 Å². The van der Waals surface area contributed by atoms with Crippen LogP contribution in [0.15, 0.2) is 60.7 Å². The number of likely N-dealkylation sites (tertiary alicyclic amines) is 1. The van der Waals surface area contributed by atoms with E-state index < -0.39 is 5.60 Å². The Balaban J connectivity index is 2.08. The summed E-state index contributed by atoms with van der Waals surface area (Å²) in [4.78, 5) is 2.74. The van der Waals surface area contributed by atoms with Crippen molar-refractivity contribution in [3.05, 3.63) is 71.8 Å².